The normalized spacial score (nSPS) is 10.1. The zero-order chi connectivity index (χ0) is 14.3. The van der Waals surface area contributed by atoms with Crippen molar-refractivity contribution in [2.24, 2.45) is 0 Å². The van der Waals surface area contributed by atoms with Crippen molar-refractivity contribution in [2.45, 2.75) is 33.6 Å². The maximum absolute atomic E-state index is 12.0. The molecule has 5 nitrogen and oxygen atoms in total. The summed E-state index contributed by atoms with van der Waals surface area (Å²) in [6.07, 6.45) is 1.73. The molecule has 106 valence electrons. The molecule has 0 bridgehead atoms. The first-order valence-electron chi connectivity index (χ1n) is 6.46. The van der Waals surface area contributed by atoms with Gasteiger partial charge in [0.15, 0.2) is 0 Å². The van der Waals surface area contributed by atoms with Crippen molar-refractivity contribution in [3.8, 4) is 0 Å². The molecular weight excluding hydrogens is 264 g/mol. The van der Waals surface area contributed by atoms with E-state index in [1.807, 2.05) is 19.2 Å². The Bertz CT molecular complexity index is 443. The van der Waals surface area contributed by atoms with Gasteiger partial charge in [0.1, 0.15) is 5.00 Å². The summed E-state index contributed by atoms with van der Waals surface area (Å²) in [5.74, 6) is -0.376. The van der Waals surface area contributed by atoms with E-state index in [2.05, 4.69) is 10.6 Å². The van der Waals surface area contributed by atoms with Gasteiger partial charge in [0.2, 0.25) is 0 Å². The van der Waals surface area contributed by atoms with Gasteiger partial charge in [-0.05, 0) is 31.2 Å². The van der Waals surface area contributed by atoms with Crippen molar-refractivity contribution < 1.29 is 14.3 Å². The van der Waals surface area contributed by atoms with Gasteiger partial charge in [0.05, 0.1) is 12.2 Å². The lowest BCUT2D eigenvalue weighted by molar-refractivity contribution is 0.0527. The van der Waals surface area contributed by atoms with Crippen LogP contribution in [0.25, 0.3) is 0 Å². The number of amides is 2. The van der Waals surface area contributed by atoms with Gasteiger partial charge in [-0.25, -0.2) is 9.59 Å². The van der Waals surface area contributed by atoms with Crippen LogP contribution in [0.5, 0.6) is 0 Å². The highest BCUT2D eigenvalue weighted by atomic mass is 32.1. The van der Waals surface area contributed by atoms with E-state index in [-0.39, 0.29) is 12.0 Å². The fraction of sp³-hybridized carbons (Fsp3) is 0.538. The molecule has 1 heterocycles. The number of carbonyl (C=O) groups excluding carboxylic acids is 2. The Morgan fingerprint density at radius 1 is 1.32 bits per heavy atom. The Morgan fingerprint density at radius 3 is 2.63 bits per heavy atom. The number of ether oxygens (including phenoxy) is 1. The number of carbonyl (C=O) groups is 2. The summed E-state index contributed by atoms with van der Waals surface area (Å²) in [6, 6.07) is -0.307. The van der Waals surface area contributed by atoms with Crippen molar-refractivity contribution >= 4 is 28.3 Å². The fourth-order valence-corrected chi connectivity index (χ4v) is 2.65. The van der Waals surface area contributed by atoms with Crippen LogP contribution in [0.4, 0.5) is 9.80 Å². The van der Waals surface area contributed by atoms with Gasteiger partial charge in [0, 0.05) is 6.54 Å². The number of hydrogen-bond donors (Lipinski definition) is 2. The Morgan fingerprint density at radius 2 is 2.05 bits per heavy atom. The van der Waals surface area contributed by atoms with Crippen molar-refractivity contribution in [1.82, 2.24) is 5.32 Å². The van der Waals surface area contributed by atoms with Gasteiger partial charge < -0.3 is 10.1 Å². The summed E-state index contributed by atoms with van der Waals surface area (Å²) in [5, 5.41) is 7.78. The van der Waals surface area contributed by atoms with E-state index < -0.39 is 0 Å². The molecule has 0 aliphatic heterocycles. The molecule has 6 heteroatoms. The SMILES string of the molecule is CCCc1csc(NC(=O)NCC)c1C(=O)OCC. The average Bonchev–Trinajstić information content (AvgIpc) is 2.73. The highest BCUT2D eigenvalue weighted by Gasteiger charge is 2.20. The Labute approximate surface area is 117 Å². The summed E-state index contributed by atoms with van der Waals surface area (Å²) in [4.78, 5) is 23.5. The first kappa shape index (κ1) is 15.5. The van der Waals surface area contributed by atoms with Gasteiger partial charge in [0.25, 0.3) is 0 Å². The molecule has 0 aromatic carbocycles. The van der Waals surface area contributed by atoms with Crippen molar-refractivity contribution in [1.29, 1.82) is 0 Å². The number of thiophene rings is 1. The second kappa shape index (κ2) is 7.78. The second-order valence-corrected chi connectivity index (χ2v) is 4.80. The number of rotatable bonds is 6. The second-order valence-electron chi connectivity index (χ2n) is 3.92. The molecule has 2 N–H and O–H groups in total. The van der Waals surface area contributed by atoms with Crippen LogP contribution >= 0.6 is 11.3 Å². The lowest BCUT2D eigenvalue weighted by atomic mass is 10.1. The molecule has 0 aliphatic carbocycles. The van der Waals surface area contributed by atoms with Crippen LogP contribution in [0.2, 0.25) is 0 Å². The predicted molar refractivity (Wildman–Crippen MR) is 77.0 cm³/mol. The highest BCUT2D eigenvalue weighted by Crippen LogP contribution is 2.30. The molecule has 0 unspecified atom stereocenters. The largest absolute Gasteiger partial charge is 0.462 e. The number of anilines is 1. The highest BCUT2D eigenvalue weighted by molar-refractivity contribution is 7.15. The molecule has 0 radical (unpaired) electrons. The predicted octanol–water partition coefficient (Wildman–Crippen LogP) is 3.02. The molecule has 19 heavy (non-hydrogen) atoms. The number of hydrogen-bond acceptors (Lipinski definition) is 4. The minimum Gasteiger partial charge on any atom is -0.462 e. The molecule has 0 spiro atoms. The topological polar surface area (TPSA) is 67.4 Å². The number of nitrogens with one attached hydrogen (secondary N) is 2. The number of aryl methyl sites for hydroxylation is 1. The van der Waals surface area contributed by atoms with Crippen LogP contribution in [0.15, 0.2) is 5.38 Å². The van der Waals surface area contributed by atoms with Crippen LogP contribution in [0.1, 0.15) is 43.1 Å². The van der Waals surface area contributed by atoms with E-state index in [4.69, 9.17) is 4.74 Å². The molecule has 0 aliphatic rings. The van der Waals surface area contributed by atoms with Crippen molar-refractivity contribution in [3.63, 3.8) is 0 Å². The standard InChI is InChI=1S/C13H20N2O3S/c1-4-7-9-8-19-11(15-13(17)14-5-2)10(9)12(16)18-6-3/h8H,4-7H2,1-3H3,(H2,14,15,17). The molecule has 1 aromatic heterocycles. The molecular formula is C13H20N2O3S. The van der Waals surface area contributed by atoms with Crippen LogP contribution in [-0.4, -0.2) is 25.2 Å². The summed E-state index contributed by atoms with van der Waals surface area (Å²) in [5.41, 5.74) is 1.41. The van der Waals surface area contributed by atoms with E-state index in [1.54, 1.807) is 6.92 Å². The molecule has 0 atom stereocenters. The molecule has 0 saturated heterocycles. The third-order valence-corrected chi connectivity index (χ3v) is 3.37. The number of esters is 1. The minimum absolute atomic E-state index is 0.307. The molecule has 1 aromatic rings. The van der Waals surface area contributed by atoms with E-state index in [9.17, 15) is 9.59 Å². The van der Waals surface area contributed by atoms with Crippen molar-refractivity contribution in [2.75, 3.05) is 18.5 Å². The van der Waals surface area contributed by atoms with E-state index in [0.29, 0.717) is 23.7 Å². The fourth-order valence-electron chi connectivity index (χ4n) is 1.67. The van der Waals surface area contributed by atoms with E-state index in [1.165, 1.54) is 11.3 Å². The quantitative estimate of drug-likeness (QED) is 0.789. The zero-order valence-corrected chi connectivity index (χ0v) is 12.4. The van der Waals surface area contributed by atoms with Crippen LogP contribution < -0.4 is 10.6 Å². The summed E-state index contributed by atoms with van der Waals surface area (Å²) in [6.45, 7) is 6.50. The summed E-state index contributed by atoms with van der Waals surface area (Å²) < 4.78 is 5.05. The first-order valence-corrected chi connectivity index (χ1v) is 7.34. The molecule has 1 rings (SSSR count). The smallest absolute Gasteiger partial charge is 0.341 e. The van der Waals surface area contributed by atoms with Gasteiger partial charge in [-0.15, -0.1) is 11.3 Å². The minimum atomic E-state index is -0.376. The number of urea groups is 1. The average molecular weight is 284 g/mol. The lowest BCUT2D eigenvalue weighted by Crippen LogP contribution is -2.28. The lowest BCUT2D eigenvalue weighted by Gasteiger charge is -2.08. The third kappa shape index (κ3) is 4.24. The van der Waals surface area contributed by atoms with Crippen LogP contribution in [0, 0.1) is 0 Å². The maximum atomic E-state index is 12.0. The van der Waals surface area contributed by atoms with Gasteiger partial charge in [-0.1, -0.05) is 13.3 Å². The van der Waals surface area contributed by atoms with E-state index >= 15 is 0 Å². The van der Waals surface area contributed by atoms with Crippen LogP contribution in [0.3, 0.4) is 0 Å². The first-order chi connectivity index (χ1) is 9.13. The maximum Gasteiger partial charge on any atom is 0.341 e. The zero-order valence-electron chi connectivity index (χ0n) is 11.5. The summed E-state index contributed by atoms with van der Waals surface area (Å²) in [7, 11) is 0. The Kier molecular flexibility index (Phi) is 6.35. The monoisotopic (exact) mass is 284 g/mol. The van der Waals surface area contributed by atoms with Crippen molar-refractivity contribution in [3.05, 3.63) is 16.5 Å². The van der Waals surface area contributed by atoms with Crippen LogP contribution in [-0.2, 0) is 11.2 Å². The summed E-state index contributed by atoms with van der Waals surface area (Å²) >= 11 is 1.35. The molecule has 0 saturated carbocycles. The molecule has 0 fully saturated rings. The molecule has 2 amide bonds. The Balaban J connectivity index is 2.96. The van der Waals surface area contributed by atoms with E-state index in [0.717, 1.165) is 18.4 Å². The Hall–Kier alpha value is -1.56. The van der Waals surface area contributed by atoms with Gasteiger partial charge >= 0.3 is 12.0 Å². The van der Waals surface area contributed by atoms with Gasteiger partial charge in [-0.2, -0.15) is 0 Å². The van der Waals surface area contributed by atoms with Gasteiger partial charge in [-0.3, -0.25) is 5.32 Å². The third-order valence-electron chi connectivity index (χ3n) is 2.43.